The van der Waals surface area contributed by atoms with Gasteiger partial charge in [-0.15, -0.1) is 10.2 Å². The fourth-order valence-electron chi connectivity index (χ4n) is 3.25. The molecule has 2 N–H and O–H groups in total. The molecule has 0 aliphatic heterocycles. The molecule has 6 nitrogen and oxygen atoms in total. The van der Waals surface area contributed by atoms with Crippen molar-refractivity contribution in [2.75, 3.05) is 18.0 Å². The summed E-state index contributed by atoms with van der Waals surface area (Å²) < 4.78 is 2.01. The van der Waals surface area contributed by atoms with Gasteiger partial charge >= 0.3 is 0 Å². The van der Waals surface area contributed by atoms with Crippen molar-refractivity contribution in [2.24, 2.45) is 5.73 Å². The summed E-state index contributed by atoms with van der Waals surface area (Å²) in [6, 6.07) is 0.556. The second-order valence-corrected chi connectivity index (χ2v) is 5.82. The van der Waals surface area contributed by atoms with Gasteiger partial charge in [-0.3, -0.25) is 4.40 Å². The van der Waals surface area contributed by atoms with Crippen LogP contribution in [0.25, 0.3) is 5.65 Å². The van der Waals surface area contributed by atoms with E-state index in [4.69, 9.17) is 5.73 Å². The zero-order chi connectivity index (χ0) is 14.7. The zero-order valence-corrected chi connectivity index (χ0v) is 12.7. The number of fused-ring (bicyclic) bond motifs is 1. The molecule has 0 radical (unpaired) electrons. The normalized spacial score (nSPS) is 16.5. The lowest BCUT2D eigenvalue weighted by Crippen LogP contribution is -2.39. The van der Waals surface area contributed by atoms with Crippen LogP contribution in [0.3, 0.4) is 0 Å². The van der Waals surface area contributed by atoms with Crippen LogP contribution in [-0.2, 0) is 0 Å². The van der Waals surface area contributed by atoms with Crippen LogP contribution >= 0.6 is 0 Å². The summed E-state index contributed by atoms with van der Waals surface area (Å²) in [5, 5.41) is 8.51. The maximum Gasteiger partial charge on any atom is 0.203 e. The fraction of sp³-hybridized carbons (Fsp3) is 0.667. The van der Waals surface area contributed by atoms with Gasteiger partial charge in [0.15, 0.2) is 5.82 Å². The number of hydrogen-bond acceptors (Lipinski definition) is 5. The minimum absolute atomic E-state index is 0.556. The Morgan fingerprint density at radius 3 is 2.86 bits per heavy atom. The summed E-state index contributed by atoms with van der Waals surface area (Å²) in [6.07, 6.45) is 11.2. The lowest BCUT2D eigenvalue weighted by molar-refractivity contribution is 0.411. The van der Waals surface area contributed by atoms with Crippen molar-refractivity contribution in [2.45, 2.75) is 51.5 Å². The maximum absolute atomic E-state index is 5.72. The Labute approximate surface area is 125 Å². The van der Waals surface area contributed by atoms with Crippen LogP contribution in [0.2, 0.25) is 0 Å². The zero-order valence-electron chi connectivity index (χ0n) is 12.7. The number of hydrogen-bond donors (Lipinski definition) is 1. The number of aryl methyl sites for hydroxylation is 1. The SMILES string of the molecule is Cc1nnc2c(N(CCCN)C3CCCCC3)nccn12. The molecule has 2 heterocycles. The molecule has 0 amide bonds. The van der Waals surface area contributed by atoms with Crippen LogP contribution in [0.1, 0.15) is 44.3 Å². The minimum Gasteiger partial charge on any atom is -0.350 e. The summed E-state index contributed by atoms with van der Waals surface area (Å²) in [5.41, 5.74) is 6.58. The van der Waals surface area contributed by atoms with Crippen molar-refractivity contribution in [1.29, 1.82) is 0 Å². The Morgan fingerprint density at radius 1 is 1.29 bits per heavy atom. The van der Waals surface area contributed by atoms with Crippen LogP contribution in [0.15, 0.2) is 12.4 Å². The molecule has 1 aliphatic rings. The van der Waals surface area contributed by atoms with Gasteiger partial charge in [0.1, 0.15) is 5.82 Å². The van der Waals surface area contributed by atoms with Crippen molar-refractivity contribution >= 4 is 11.5 Å². The molecule has 21 heavy (non-hydrogen) atoms. The van der Waals surface area contributed by atoms with E-state index in [1.165, 1.54) is 32.1 Å². The van der Waals surface area contributed by atoms with Gasteiger partial charge < -0.3 is 10.6 Å². The third kappa shape index (κ3) is 2.85. The summed E-state index contributed by atoms with van der Waals surface area (Å²) in [4.78, 5) is 7.02. The van der Waals surface area contributed by atoms with Crippen molar-refractivity contribution in [3.63, 3.8) is 0 Å². The van der Waals surface area contributed by atoms with Crippen molar-refractivity contribution < 1.29 is 0 Å². The monoisotopic (exact) mass is 288 g/mol. The molecule has 0 atom stereocenters. The number of anilines is 1. The van der Waals surface area contributed by atoms with Gasteiger partial charge in [-0.25, -0.2) is 4.98 Å². The Kier molecular flexibility index (Phi) is 4.34. The quantitative estimate of drug-likeness (QED) is 0.910. The van der Waals surface area contributed by atoms with Crippen molar-refractivity contribution in [1.82, 2.24) is 19.6 Å². The molecule has 3 rings (SSSR count). The van der Waals surface area contributed by atoms with E-state index in [-0.39, 0.29) is 0 Å². The van der Waals surface area contributed by atoms with Gasteiger partial charge in [0.2, 0.25) is 5.65 Å². The first kappa shape index (κ1) is 14.3. The van der Waals surface area contributed by atoms with Crippen LogP contribution in [0, 0.1) is 6.92 Å². The number of nitrogens with zero attached hydrogens (tertiary/aromatic N) is 5. The Morgan fingerprint density at radius 2 is 2.10 bits per heavy atom. The van der Waals surface area contributed by atoms with E-state index >= 15 is 0 Å². The van der Waals surface area contributed by atoms with E-state index < -0.39 is 0 Å². The first-order valence-electron chi connectivity index (χ1n) is 7.94. The summed E-state index contributed by atoms with van der Waals surface area (Å²) in [7, 11) is 0. The average Bonchev–Trinajstić information content (AvgIpc) is 2.91. The van der Waals surface area contributed by atoms with Crippen molar-refractivity contribution in [3.8, 4) is 0 Å². The highest BCUT2D eigenvalue weighted by Crippen LogP contribution is 2.28. The molecular weight excluding hydrogens is 264 g/mol. The summed E-state index contributed by atoms with van der Waals surface area (Å²) in [6.45, 7) is 3.62. The molecular formula is C15H24N6. The topological polar surface area (TPSA) is 72.3 Å². The number of rotatable bonds is 5. The fourth-order valence-corrected chi connectivity index (χ4v) is 3.25. The third-order valence-corrected chi connectivity index (χ3v) is 4.37. The molecule has 0 spiro atoms. The molecule has 0 unspecified atom stereocenters. The van der Waals surface area contributed by atoms with E-state index in [0.717, 1.165) is 30.3 Å². The number of nitrogens with two attached hydrogens (primary N) is 1. The van der Waals surface area contributed by atoms with Gasteiger partial charge in [0, 0.05) is 25.0 Å². The van der Waals surface area contributed by atoms with Crippen LogP contribution in [0.4, 0.5) is 5.82 Å². The third-order valence-electron chi connectivity index (χ3n) is 4.37. The standard InChI is InChI=1S/C15H24N6/c1-12-18-19-15-14(17-9-11-20(12)15)21(10-5-8-16)13-6-3-2-4-7-13/h9,11,13H,2-8,10,16H2,1H3. The van der Waals surface area contributed by atoms with Gasteiger partial charge in [-0.1, -0.05) is 19.3 Å². The minimum atomic E-state index is 0.556. The molecule has 2 aromatic rings. The first-order valence-corrected chi connectivity index (χ1v) is 7.94. The molecule has 2 aromatic heterocycles. The first-order chi connectivity index (χ1) is 10.3. The molecule has 1 aliphatic carbocycles. The van der Waals surface area contributed by atoms with Crippen LogP contribution in [0.5, 0.6) is 0 Å². The Bertz CT molecular complexity index is 587. The highest BCUT2D eigenvalue weighted by Gasteiger charge is 2.24. The van der Waals surface area contributed by atoms with E-state index in [0.29, 0.717) is 12.6 Å². The van der Waals surface area contributed by atoms with Gasteiger partial charge in [0.05, 0.1) is 0 Å². The molecule has 0 aromatic carbocycles. The highest BCUT2D eigenvalue weighted by atomic mass is 15.3. The summed E-state index contributed by atoms with van der Waals surface area (Å²) >= 11 is 0. The van der Waals surface area contributed by atoms with Gasteiger partial charge in [-0.2, -0.15) is 0 Å². The maximum atomic E-state index is 5.72. The largest absolute Gasteiger partial charge is 0.350 e. The van der Waals surface area contributed by atoms with E-state index in [9.17, 15) is 0 Å². The predicted octanol–water partition coefficient (Wildman–Crippen LogP) is 1.92. The molecule has 114 valence electrons. The molecule has 0 saturated heterocycles. The average molecular weight is 288 g/mol. The lowest BCUT2D eigenvalue weighted by atomic mass is 9.94. The van der Waals surface area contributed by atoms with E-state index in [1.807, 2.05) is 23.7 Å². The van der Waals surface area contributed by atoms with Crippen LogP contribution < -0.4 is 10.6 Å². The van der Waals surface area contributed by atoms with E-state index in [2.05, 4.69) is 20.1 Å². The number of aromatic nitrogens is 4. The highest BCUT2D eigenvalue weighted by molar-refractivity contribution is 5.64. The second-order valence-electron chi connectivity index (χ2n) is 5.82. The van der Waals surface area contributed by atoms with Crippen molar-refractivity contribution in [3.05, 3.63) is 18.2 Å². The second kappa shape index (κ2) is 6.39. The smallest absolute Gasteiger partial charge is 0.203 e. The van der Waals surface area contributed by atoms with E-state index in [1.54, 1.807) is 0 Å². The molecule has 6 heteroatoms. The van der Waals surface area contributed by atoms with Crippen LogP contribution in [-0.4, -0.2) is 38.7 Å². The molecule has 0 bridgehead atoms. The Hall–Kier alpha value is -1.69. The summed E-state index contributed by atoms with van der Waals surface area (Å²) in [5.74, 6) is 1.86. The van der Waals surface area contributed by atoms with Gasteiger partial charge in [-0.05, 0) is 32.7 Å². The molecule has 1 saturated carbocycles. The lowest BCUT2D eigenvalue weighted by Gasteiger charge is -2.35. The molecule has 1 fully saturated rings. The van der Waals surface area contributed by atoms with Gasteiger partial charge in [0.25, 0.3) is 0 Å². The Balaban J connectivity index is 1.96. The predicted molar refractivity (Wildman–Crippen MR) is 83.4 cm³/mol.